The molecule has 2 aromatic heterocycles. The maximum Gasteiger partial charge on any atom is 0.330 e. The van der Waals surface area contributed by atoms with Crippen molar-refractivity contribution in [2.75, 3.05) is 19.5 Å². The topological polar surface area (TPSA) is 121 Å². The number of nitrogens with zero attached hydrogens (tertiary/aromatic N) is 3. The fourth-order valence-electron chi connectivity index (χ4n) is 3.59. The molecular weight excluding hydrogens is 364 g/mol. The lowest BCUT2D eigenvalue weighted by Crippen LogP contribution is -2.33. The van der Waals surface area contributed by atoms with E-state index in [1.54, 1.807) is 10.6 Å². The van der Waals surface area contributed by atoms with Crippen molar-refractivity contribution < 1.29 is 24.1 Å². The third kappa shape index (κ3) is 3.73. The lowest BCUT2D eigenvalue weighted by Gasteiger charge is -2.23. The maximum absolute atomic E-state index is 11.5. The molecule has 3 N–H and O–H groups in total. The van der Waals surface area contributed by atoms with Gasteiger partial charge in [-0.15, -0.1) is 0 Å². The van der Waals surface area contributed by atoms with Crippen LogP contribution in [0.15, 0.2) is 18.5 Å². The number of methoxy groups -OCH3 is 1. The minimum absolute atomic E-state index is 0.00410. The quantitative estimate of drug-likeness (QED) is 0.560. The number of aromatic nitrogens is 3. The van der Waals surface area contributed by atoms with E-state index in [2.05, 4.69) is 14.8 Å². The standard InChI is InChI=1S/C19H26N4O5/c1-10(2)27-18-11(3)17(28-14(18)8-24)13-7-12(5-6-15(25)26-4)16-19(20)21-9-22-23(13)16/h5-7,9-11,14,17-18,24H,8H2,1-4H3,(H2,20,21,22)/b6-5+/t11?,14-,17-,18+/m1/s1. The normalized spacial score (nSPS) is 25.2. The first-order chi connectivity index (χ1) is 13.4. The summed E-state index contributed by atoms with van der Waals surface area (Å²) in [7, 11) is 1.31. The molecule has 1 unspecified atom stereocenters. The molecular formula is C19H26N4O5. The number of nitrogens with two attached hydrogens (primary N) is 1. The maximum atomic E-state index is 11.5. The van der Waals surface area contributed by atoms with Gasteiger partial charge in [0, 0.05) is 17.6 Å². The van der Waals surface area contributed by atoms with E-state index in [4.69, 9.17) is 15.2 Å². The van der Waals surface area contributed by atoms with E-state index >= 15 is 0 Å². The summed E-state index contributed by atoms with van der Waals surface area (Å²) in [5, 5.41) is 14.1. The average Bonchev–Trinajstić information content (AvgIpc) is 3.18. The van der Waals surface area contributed by atoms with Gasteiger partial charge in [0.1, 0.15) is 24.1 Å². The van der Waals surface area contributed by atoms with Gasteiger partial charge in [0.15, 0.2) is 5.82 Å². The van der Waals surface area contributed by atoms with Crippen LogP contribution in [0.3, 0.4) is 0 Å². The van der Waals surface area contributed by atoms with Crippen molar-refractivity contribution in [3.8, 4) is 0 Å². The average molecular weight is 390 g/mol. The van der Waals surface area contributed by atoms with Crippen molar-refractivity contribution in [1.82, 2.24) is 14.6 Å². The molecule has 9 heteroatoms. The van der Waals surface area contributed by atoms with Crippen LogP contribution in [-0.4, -0.2) is 57.7 Å². The Morgan fingerprint density at radius 2 is 2.25 bits per heavy atom. The van der Waals surface area contributed by atoms with Crippen LogP contribution in [0.2, 0.25) is 0 Å². The van der Waals surface area contributed by atoms with Crippen molar-refractivity contribution in [3.63, 3.8) is 0 Å². The van der Waals surface area contributed by atoms with Crippen LogP contribution in [-0.2, 0) is 19.0 Å². The van der Waals surface area contributed by atoms with Crippen LogP contribution in [0.1, 0.15) is 38.1 Å². The van der Waals surface area contributed by atoms with Crippen molar-refractivity contribution >= 4 is 23.4 Å². The summed E-state index contributed by atoms with van der Waals surface area (Å²) in [6.07, 6.45) is 3.22. The lowest BCUT2D eigenvalue weighted by molar-refractivity contribution is -0.134. The predicted molar refractivity (Wildman–Crippen MR) is 102 cm³/mol. The zero-order valence-corrected chi connectivity index (χ0v) is 16.4. The van der Waals surface area contributed by atoms with Crippen molar-refractivity contribution in [2.24, 2.45) is 5.92 Å². The van der Waals surface area contributed by atoms with Crippen LogP contribution in [0.4, 0.5) is 5.82 Å². The Hall–Kier alpha value is -2.49. The van der Waals surface area contributed by atoms with Crippen LogP contribution in [0.25, 0.3) is 11.6 Å². The predicted octanol–water partition coefficient (Wildman–Crippen LogP) is 1.36. The molecule has 0 aliphatic carbocycles. The van der Waals surface area contributed by atoms with E-state index in [0.717, 1.165) is 5.69 Å². The van der Waals surface area contributed by atoms with Gasteiger partial charge in [0.25, 0.3) is 0 Å². The number of hydrogen-bond acceptors (Lipinski definition) is 8. The van der Waals surface area contributed by atoms with Gasteiger partial charge in [-0.1, -0.05) is 6.92 Å². The number of aliphatic hydroxyl groups is 1. The summed E-state index contributed by atoms with van der Waals surface area (Å²) in [6.45, 7) is 5.77. The molecule has 3 heterocycles. The number of ether oxygens (including phenoxy) is 3. The molecule has 3 rings (SSSR count). The summed E-state index contributed by atoms with van der Waals surface area (Å²) in [5.41, 5.74) is 8.05. The first kappa shape index (κ1) is 20.2. The number of hydrogen-bond donors (Lipinski definition) is 2. The van der Waals surface area contributed by atoms with Crippen molar-refractivity contribution in [3.05, 3.63) is 29.7 Å². The highest BCUT2D eigenvalue weighted by atomic mass is 16.6. The van der Waals surface area contributed by atoms with Crippen molar-refractivity contribution in [1.29, 1.82) is 0 Å². The highest BCUT2D eigenvalue weighted by Gasteiger charge is 2.44. The van der Waals surface area contributed by atoms with E-state index < -0.39 is 12.1 Å². The Labute approximate surface area is 163 Å². The second kappa shape index (κ2) is 8.26. The van der Waals surface area contributed by atoms with Gasteiger partial charge in [0.2, 0.25) is 0 Å². The van der Waals surface area contributed by atoms with Gasteiger partial charge >= 0.3 is 5.97 Å². The molecule has 28 heavy (non-hydrogen) atoms. The van der Waals surface area contributed by atoms with E-state index in [1.165, 1.54) is 19.5 Å². The first-order valence-electron chi connectivity index (χ1n) is 9.17. The summed E-state index contributed by atoms with van der Waals surface area (Å²) in [6, 6.07) is 1.85. The lowest BCUT2D eigenvalue weighted by atomic mass is 9.96. The smallest absolute Gasteiger partial charge is 0.330 e. The second-order valence-corrected chi connectivity index (χ2v) is 7.07. The van der Waals surface area contributed by atoms with Gasteiger partial charge in [-0.25, -0.2) is 14.3 Å². The number of aliphatic hydroxyl groups excluding tert-OH is 1. The molecule has 1 saturated heterocycles. The van der Waals surface area contributed by atoms with Gasteiger partial charge in [-0.2, -0.15) is 5.10 Å². The van der Waals surface area contributed by atoms with Gasteiger partial charge in [-0.3, -0.25) is 0 Å². The zero-order chi connectivity index (χ0) is 20.4. The monoisotopic (exact) mass is 390 g/mol. The second-order valence-electron chi connectivity index (χ2n) is 7.07. The molecule has 0 aromatic carbocycles. The van der Waals surface area contributed by atoms with Crippen LogP contribution >= 0.6 is 0 Å². The Balaban J connectivity index is 2.05. The number of anilines is 1. The van der Waals surface area contributed by atoms with E-state index in [1.807, 2.05) is 26.8 Å². The molecule has 152 valence electrons. The minimum Gasteiger partial charge on any atom is -0.466 e. The number of esters is 1. The Bertz CT molecular complexity index is 879. The third-order valence-electron chi connectivity index (χ3n) is 4.82. The molecule has 1 aliphatic rings. The number of carbonyl (C=O) groups excluding carboxylic acids is 1. The Morgan fingerprint density at radius 1 is 1.50 bits per heavy atom. The number of nitrogen functional groups attached to an aromatic ring is 1. The third-order valence-corrected chi connectivity index (χ3v) is 4.82. The molecule has 1 aliphatic heterocycles. The fourth-order valence-corrected chi connectivity index (χ4v) is 3.59. The van der Waals surface area contributed by atoms with E-state index in [9.17, 15) is 9.90 Å². The molecule has 0 spiro atoms. The summed E-state index contributed by atoms with van der Waals surface area (Å²) < 4.78 is 18.4. The molecule has 4 atom stereocenters. The summed E-state index contributed by atoms with van der Waals surface area (Å²) in [4.78, 5) is 15.6. The highest BCUT2D eigenvalue weighted by Crippen LogP contribution is 2.41. The number of fused-ring (bicyclic) bond motifs is 1. The van der Waals surface area contributed by atoms with Gasteiger partial charge in [0.05, 0.1) is 31.6 Å². The molecule has 0 amide bonds. The van der Waals surface area contributed by atoms with Crippen LogP contribution in [0.5, 0.6) is 0 Å². The van der Waals surface area contributed by atoms with Crippen LogP contribution < -0.4 is 5.73 Å². The van der Waals surface area contributed by atoms with E-state index in [0.29, 0.717) is 11.1 Å². The van der Waals surface area contributed by atoms with Crippen LogP contribution in [0, 0.1) is 5.92 Å². The zero-order valence-electron chi connectivity index (χ0n) is 16.4. The molecule has 0 bridgehead atoms. The van der Waals surface area contributed by atoms with Gasteiger partial charge in [-0.05, 0) is 26.0 Å². The van der Waals surface area contributed by atoms with E-state index in [-0.39, 0.29) is 36.7 Å². The minimum atomic E-state index is -0.479. The Kier molecular flexibility index (Phi) is 5.97. The van der Waals surface area contributed by atoms with Crippen molar-refractivity contribution in [2.45, 2.75) is 45.2 Å². The molecule has 0 radical (unpaired) electrons. The Morgan fingerprint density at radius 3 is 2.89 bits per heavy atom. The summed E-state index contributed by atoms with van der Waals surface area (Å²) >= 11 is 0. The fraction of sp³-hybridized carbons (Fsp3) is 0.526. The number of carbonyl (C=O) groups is 1. The number of rotatable bonds is 6. The molecule has 2 aromatic rings. The molecule has 1 fully saturated rings. The SMILES string of the molecule is COC(=O)/C=C/c1cc([C@@H]2O[C@H](CO)[C@@H](OC(C)C)C2C)n2ncnc(N)c12. The molecule has 9 nitrogen and oxygen atoms in total. The largest absolute Gasteiger partial charge is 0.466 e. The van der Waals surface area contributed by atoms with Gasteiger partial charge < -0.3 is 25.1 Å². The highest BCUT2D eigenvalue weighted by molar-refractivity contribution is 5.90. The first-order valence-corrected chi connectivity index (χ1v) is 9.17. The summed E-state index contributed by atoms with van der Waals surface area (Å²) in [5.74, 6) is -0.232. The molecule has 0 saturated carbocycles.